The summed E-state index contributed by atoms with van der Waals surface area (Å²) in [5.74, 6) is 1.47. The molecule has 0 bridgehead atoms. The maximum atomic E-state index is 11.6. The van der Waals surface area contributed by atoms with Crippen LogP contribution in [0.2, 0.25) is 0 Å². The summed E-state index contributed by atoms with van der Waals surface area (Å²) in [6, 6.07) is 15.3. The van der Waals surface area contributed by atoms with Crippen LogP contribution in [0.5, 0.6) is 5.75 Å². The standard InChI is InChI=1S/C22H30N4O3S.HI/c1-4-14-29-21-9-7-6-8-20(21)16-26-22(24-5-2)25-15-18-10-12-19(13-11-18)17-30(27,28)23-3;/h4,6-13,23H,1,5,14-17H2,2-3H3,(H2,24,25,26);1H. The molecule has 0 amide bonds. The third-order valence-electron chi connectivity index (χ3n) is 4.23. The van der Waals surface area contributed by atoms with Gasteiger partial charge < -0.3 is 15.4 Å². The molecule has 0 aromatic heterocycles. The van der Waals surface area contributed by atoms with Crippen LogP contribution in [0.1, 0.15) is 23.6 Å². The normalized spacial score (nSPS) is 11.4. The summed E-state index contributed by atoms with van der Waals surface area (Å²) in [4.78, 5) is 4.62. The summed E-state index contributed by atoms with van der Waals surface area (Å²) < 4.78 is 31.3. The smallest absolute Gasteiger partial charge is 0.215 e. The van der Waals surface area contributed by atoms with Crippen LogP contribution >= 0.6 is 24.0 Å². The van der Waals surface area contributed by atoms with Gasteiger partial charge in [-0.1, -0.05) is 55.1 Å². The Morgan fingerprint density at radius 2 is 1.77 bits per heavy atom. The molecule has 0 unspecified atom stereocenters. The van der Waals surface area contributed by atoms with E-state index in [1.54, 1.807) is 6.08 Å². The van der Waals surface area contributed by atoms with E-state index in [2.05, 4.69) is 26.9 Å². The molecular formula is C22H31IN4O3S. The first kappa shape index (κ1) is 26.9. The Balaban J connectivity index is 0.00000480. The van der Waals surface area contributed by atoms with Gasteiger partial charge in [0, 0.05) is 18.7 Å². The van der Waals surface area contributed by atoms with E-state index in [0.29, 0.717) is 25.7 Å². The Morgan fingerprint density at radius 3 is 2.42 bits per heavy atom. The first-order valence-electron chi connectivity index (χ1n) is 9.80. The summed E-state index contributed by atoms with van der Waals surface area (Å²) in [6.07, 6.45) is 1.72. The van der Waals surface area contributed by atoms with Crippen LogP contribution in [0.3, 0.4) is 0 Å². The van der Waals surface area contributed by atoms with Crippen molar-refractivity contribution in [3.8, 4) is 5.75 Å². The fourth-order valence-electron chi connectivity index (χ4n) is 2.66. The molecule has 0 spiro atoms. The van der Waals surface area contributed by atoms with Crippen molar-refractivity contribution >= 4 is 40.0 Å². The zero-order valence-electron chi connectivity index (χ0n) is 17.9. The molecule has 2 rings (SSSR count). The number of para-hydroxylation sites is 1. The van der Waals surface area contributed by atoms with Crippen molar-refractivity contribution in [2.75, 3.05) is 20.2 Å². The molecular weight excluding hydrogens is 527 g/mol. The molecule has 9 heteroatoms. The first-order chi connectivity index (χ1) is 14.5. The number of halogens is 1. The number of guanidine groups is 1. The largest absolute Gasteiger partial charge is 0.489 e. The lowest BCUT2D eigenvalue weighted by molar-refractivity contribution is 0.358. The number of ether oxygens (including phenoxy) is 1. The van der Waals surface area contributed by atoms with Crippen LogP contribution in [-0.2, 0) is 28.9 Å². The molecule has 3 N–H and O–H groups in total. The van der Waals surface area contributed by atoms with Gasteiger partial charge in [0.2, 0.25) is 10.0 Å². The first-order valence-corrected chi connectivity index (χ1v) is 11.5. The van der Waals surface area contributed by atoms with E-state index in [1.807, 2.05) is 55.5 Å². The van der Waals surface area contributed by atoms with E-state index in [4.69, 9.17) is 4.74 Å². The van der Waals surface area contributed by atoms with Crippen molar-refractivity contribution < 1.29 is 13.2 Å². The van der Waals surface area contributed by atoms with Crippen molar-refractivity contribution in [1.82, 2.24) is 15.4 Å². The molecule has 7 nitrogen and oxygen atoms in total. The number of aliphatic imine (C=N–C) groups is 1. The maximum Gasteiger partial charge on any atom is 0.215 e. The van der Waals surface area contributed by atoms with E-state index >= 15 is 0 Å². The van der Waals surface area contributed by atoms with Crippen LogP contribution < -0.4 is 20.1 Å². The van der Waals surface area contributed by atoms with Gasteiger partial charge in [0.1, 0.15) is 12.4 Å². The van der Waals surface area contributed by atoms with E-state index in [9.17, 15) is 8.42 Å². The van der Waals surface area contributed by atoms with Gasteiger partial charge in [-0.2, -0.15) is 0 Å². The number of nitrogens with one attached hydrogen (secondary N) is 3. The van der Waals surface area contributed by atoms with E-state index < -0.39 is 10.0 Å². The SMILES string of the molecule is C=CCOc1ccccc1CNC(=NCc1ccc(CS(=O)(=O)NC)cc1)NCC.I. The van der Waals surface area contributed by atoms with Gasteiger partial charge in [-0.15, -0.1) is 24.0 Å². The average Bonchev–Trinajstić information content (AvgIpc) is 2.75. The third-order valence-corrected chi connectivity index (χ3v) is 5.57. The van der Waals surface area contributed by atoms with Crippen LogP contribution in [0.15, 0.2) is 66.2 Å². The summed E-state index contributed by atoms with van der Waals surface area (Å²) in [5, 5.41) is 6.55. The highest BCUT2D eigenvalue weighted by atomic mass is 127. The molecule has 2 aromatic rings. The van der Waals surface area contributed by atoms with Gasteiger partial charge in [0.25, 0.3) is 0 Å². The van der Waals surface area contributed by atoms with Crippen LogP contribution in [0.4, 0.5) is 0 Å². The van der Waals surface area contributed by atoms with Crippen LogP contribution in [-0.4, -0.2) is 34.6 Å². The molecule has 31 heavy (non-hydrogen) atoms. The number of sulfonamides is 1. The maximum absolute atomic E-state index is 11.6. The Morgan fingerprint density at radius 1 is 1.10 bits per heavy atom. The quantitative estimate of drug-likeness (QED) is 0.171. The second-order valence-corrected chi connectivity index (χ2v) is 8.46. The van der Waals surface area contributed by atoms with E-state index in [-0.39, 0.29) is 29.7 Å². The number of rotatable bonds is 11. The lowest BCUT2D eigenvalue weighted by atomic mass is 10.1. The highest BCUT2D eigenvalue weighted by molar-refractivity contribution is 14.0. The zero-order valence-corrected chi connectivity index (χ0v) is 21.1. The lowest BCUT2D eigenvalue weighted by Gasteiger charge is -2.14. The van der Waals surface area contributed by atoms with Gasteiger partial charge in [0.05, 0.1) is 12.3 Å². The molecule has 0 fully saturated rings. The van der Waals surface area contributed by atoms with Crippen molar-refractivity contribution in [3.05, 3.63) is 77.9 Å². The minimum atomic E-state index is -3.27. The minimum Gasteiger partial charge on any atom is -0.489 e. The summed E-state index contributed by atoms with van der Waals surface area (Å²) >= 11 is 0. The molecule has 0 saturated carbocycles. The van der Waals surface area contributed by atoms with Crippen LogP contribution in [0.25, 0.3) is 0 Å². The molecule has 0 aliphatic rings. The Bertz CT molecular complexity index is 947. The predicted octanol–water partition coefficient (Wildman–Crippen LogP) is 3.17. The van der Waals surface area contributed by atoms with Crippen LogP contribution in [0, 0.1) is 0 Å². The molecule has 0 aliphatic carbocycles. The number of hydrogen-bond acceptors (Lipinski definition) is 4. The molecule has 0 radical (unpaired) electrons. The molecule has 0 heterocycles. The molecule has 2 aromatic carbocycles. The Hall–Kier alpha value is -2.11. The highest BCUT2D eigenvalue weighted by Gasteiger charge is 2.08. The van der Waals surface area contributed by atoms with Crippen molar-refractivity contribution in [2.45, 2.75) is 25.8 Å². The van der Waals surface area contributed by atoms with Crippen molar-refractivity contribution in [2.24, 2.45) is 4.99 Å². The number of nitrogens with zero attached hydrogens (tertiary/aromatic N) is 1. The van der Waals surface area contributed by atoms with Crippen molar-refractivity contribution in [1.29, 1.82) is 0 Å². The fraction of sp³-hybridized carbons (Fsp3) is 0.318. The highest BCUT2D eigenvalue weighted by Crippen LogP contribution is 2.17. The fourth-order valence-corrected chi connectivity index (χ4v) is 3.44. The molecule has 0 aliphatic heterocycles. The average molecular weight is 558 g/mol. The number of benzene rings is 2. The van der Waals surface area contributed by atoms with E-state index in [1.165, 1.54) is 7.05 Å². The number of hydrogen-bond donors (Lipinski definition) is 3. The Labute approximate surface area is 202 Å². The van der Waals surface area contributed by atoms with Gasteiger partial charge in [-0.3, -0.25) is 0 Å². The second kappa shape index (κ2) is 14.0. The molecule has 170 valence electrons. The predicted molar refractivity (Wildman–Crippen MR) is 137 cm³/mol. The van der Waals surface area contributed by atoms with Crippen molar-refractivity contribution in [3.63, 3.8) is 0 Å². The van der Waals surface area contributed by atoms with Gasteiger partial charge in [-0.25, -0.2) is 18.1 Å². The topological polar surface area (TPSA) is 91.8 Å². The van der Waals surface area contributed by atoms with Gasteiger partial charge in [0.15, 0.2) is 5.96 Å². The van der Waals surface area contributed by atoms with Gasteiger partial charge >= 0.3 is 0 Å². The Kier molecular flexibility index (Phi) is 12.2. The second-order valence-electron chi connectivity index (χ2n) is 6.54. The third kappa shape index (κ3) is 9.70. The van der Waals surface area contributed by atoms with Gasteiger partial charge in [-0.05, 0) is 31.2 Å². The van der Waals surface area contributed by atoms with E-state index in [0.717, 1.165) is 29.0 Å². The monoisotopic (exact) mass is 558 g/mol. The summed E-state index contributed by atoms with van der Waals surface area (Å²) in [7, 11) is -1.86. The molecule has 0 atom stereocenters. The summed E-state index contributed by atoms with van der Waals surface area (Å²) in [5.41, 5.74) is 2.76. The minimum absolute atomic E-state index is 0. The molecule has 0 saturated heterocycles. The lowest BCUT2D eigenvalue weighted by Crippen LogP contribution is -2.36. The summed E-state index contributed by atoms with van der Waals surface area (Å²) in [6.45, 7) is 7.93. The zero-order chi connectivity index (χ0) is 21.8.